The van der Waals surface area contributed by atoms with Crippen molar-refractivity contribution in [3.05, 3.63) is 66.0 Å². The van der Waals surface area contributed by atoms with E-state index in [1.165, 1.54) is 12.3 Å². The van der Waals surface area contributed by atoms with Crippen LogP contribution in [0.3, 0.4) is 0 Å². The Labute approximate surface area is 137 Å². The normalized spacial score (nSPS) is 10.6. The largest absolute Gasteiger partial charge is 0.352 e. The molecule has 2 N–H and O–H groups in total. The lowest BCUT2D eigenvalue weighted by atomic mass is 10.2. The SMILES string of the molecule is O=C(/C=C\c1c(F)cccc1F)NCCC(=O)Nc1cccnc1. The third-order valence-corrected chi connectivity index (χ3v) is 3.00. The molecule has 0 aliphatic rings. The number of hydrogen-bond acceptors (Lipinski definition) is 3. The molecule has 7 heteroatoms. The first-order chi connectivity index (χ1) is 11.6. The van der Waals surface area contributed by atoms with Crippen molar-refractivity contribution in [3.8, 4) is 0 Å². The summed E-state index contributed by atoms with van der Waals surface area (Å²) in [4.78, 5) is 27.1. The molecule has 0 saturated carbocycles. The predicted molar refractivity (Wildman–Crippen MR) is 85.9 cm³/mol. The molecule has 0 spiro atoms. The molecule has 0 saturated heterocycles. The summed E-state index contributed by atoms with van der Waals surface area (Å²) in [6.45, 7) is 0.0923. The summed E-state index contributed by atoms with van der Waals surface area (Å²) in [6, 6.07) is 6.81. The van der Waals surface area contributed by atoms with Gasteiger partial charge in [0.05, 0.1) is 11.9 Å². The van der Waals surface area contributed by atoms with Gasteiger partial charge in [0.25, 0.3) is 0 Å². The highest BCUT2D eigenvalue weighted by Crippen LogP contribution is 2.13. The number of benzene rings is 1. The number of halogens is 2. The average molecular weight is 331 g/mol. The van der Waals surface area contributed by atoms with E-state index in [-0.39, 0.29) is 24.4 Å². The van der Waals surface area contributed by atoms with E-state index in [9.17, 15) is 18.4 Å². The summed E-state index contributed by atoms with van der Waals surface area (Å²) >= 11 is 0. The van der Waals surface area contributed by atoms with Crippen LogP contribution in [0.25, 0.3) is 6.08 Å². The molecule has 5 nitrogen and oxygen atoms in total. The molecule has 1 aromatic carbocycles. The minimum Gasteiger partial charge on any atom is -0.352 e. The van der Waals surface area contributed by atoms with Crippen LogP contribution in [0, 0.1) is 11.6 Å². The Morgan fingerprint density at radius 3 is 2.54 bits per heavy atom. The zero-order valence-corrected chi connectivity index (χ0v) is 12.6. The molecule has 124 valence electrons. The summed E-state index contributed by atoms with van der Waals surface area (Å²) in [5, 5.41) is 5.08. The van der Waals surface area contributed by atoms with Crippen LogP contribution in [0.1, 0.15) is 12.0 Å². The van der Waals surface area contributed by atoms with Crippen LogP contribution in [0.2, 0.25) is 0 Å². The molecule has 0 aliphatic carbocycles. The molecule has 1 aromatic heterocycles. The molecule has 2 rings (SSSR count). The number of carbonyl (C=O) groups is 2. The van der Waals surface area contributed by atoms with E-state index in [4.69, 9.17) is 0 Å². The van der Waals surface area contributed by atoms with Crippen molar-refractivity contribution in [1.29, 1.82) is 0 Å². The second kappa shape index (κ2) is 8.52. The van der Waals surface area contributed by atoms with Gasteiger partial charge in [0, 0.05) is 30.8 Å². The van der Waals surface area contributed by atoms with Gasteiger partial charge >= 0.3 is 0 Å². The van der Waals surface area contributed by atoms with Crippen molar-refractivity contribution < 1.29 is 18.4 Å². The summed E-state index contributed by atoms with van der Waals surface area (Å²) in [6.07, 6.45) is 5.21. The number of hydrogen-bond donors (Lipinski definition) is 2. The van der Waals surface area contributed by atoms with E-state index in [1.807, 2.05) is 0 Å². The maximum absolute atomic E-state index is 13.4. The highest BCUT2D eigenvalue weighted by atomic mass is 19.1. The second-order valence-corrected chi connectivity index (χ2v) is 4.80. The summed E-state index contributed by atoms with van der Waals surface area (Å²) in [5.41, 5.74) is 0.269. The number of pyridine rings is 1. The van der Waals surface area contributed by atoms with Gasteiger partial charge in [0.2, 0.25) is 11.8 Å². The monoisotopic (exact) mass is 331 g/mol. The Kier molecular flexibility index (Phi) is 6.13. The molecule has 1 heterocycles. The van der Waals surface area contributed by atoms with Crippen LogP contribution in [0.4, 0.5) is 14.5 Å². The molecule has 0 unspecified atom stereocenters. The summed E-state index contributed by atoms with van der Waals surface area (Å²) in [7, 11) is 0. The molecule has 0 bridgehead atoms. The van der Waals surface area contributed by atoms with Crippen molar-refractivity contribution in [2.75, 3.05) is 11.9 Å². The zero-order valence-electron chi connectivity index (χ0n) is 12.6. The Morgan fingerprint density at radius 1 is 1.12 bits per heavy atom. The van der Waals surface area contributed by atoms with Gasteiger partial charge in [-0.2, -0.15) is 0 Å². The first-order valence-corrected chi connectivity index (χ1v) is 7.16. The molecule has 0 fully saturated rings. The van der Waals surface area contributed by atoms with Gasteiger partial charge in [0.15, 0.2) is 0 Å². The number of anilines is 1. The lowest BCUT2D eigenvalue weighted by molar-refractivity contribution is -0.117. The predicted octanol–water partition coefficient (Wildman–Crippen LogP) is 2.52. The summed E-state index contributed by atoms with van der Waals surface area (Å²) in [5.74, 6) is -2.34. The minimum absolute atomic E-state index is 0.0581. The molecular formula is C17H15F2N3O2. The van der Waals surface area contributed by atoms with E-state index >= 15 is 0 Å². The molecular weight excluding hydrogens is 316 g/mol. The van der Waals surface area contributed by atoms with Gasteiger partial charge in [-0.1, -0.05) is 6.07 Å². The number of amides is 2. The summed E-state index contributed by atoms with van der Waals surface area (Å²) < 4.78 is 26.8. The Bertz CT molecular complexity index is 729. The minimum atomic E-state index is -0.755. The van der Waals surface area contributed by atoms with Crippen molar-refractivity contribution in [3.63, 3.8) is 0 Å². The molecule has 2 amide bonds. The van der Waals surface area contributed by atoms with E-state index in [1.54, 1.807) is 18.3 Å². The van der Waals surface area contributed by atoms with Gasteiger partial charge in [-0.3, -0.25) is 14.6 Å². The first-order valence-electron chi connectivity index (χ1n) is 7.16. The van der Waals surface area contributed by atoms with Gasteiger partial charge in [-0.05, 0) is 30.3 Å². The van der Waals surface area contributed by atoms with Gasteiger partial charge in [-0.25, -0.2) is 8.78 Å². The number of nitrogens with one attached hydrogen (secondary N) is 2. The smallest absolute Gasteiger partial charge is 0.244 e. The third-order valence-electron chi connectivity index (χ3n) is 3.00. The van der Waals surface area contributed by atoms with Crippen molar-refractivity contribution >= 4 is 23.6 Å². The standard InChI is InChI=1S/C17H15F2N3O2/c18-14-4-1-5-15(19)13(14)6-7-16(23)21-10-8-17(24)22-12-3-2-9-20-11-12/h1-7,9,11H,8,10H2,(H,21,23)(H,22,24)/b7-6-. The molecule has 2 aromatic rings. The van der Waals surface area contributed by atoms with E-state index in [2.05, 4.69) is 15.6 Å². The molecule has 0 radical (unpaired) electrons. The van der Waals surface area contributed by atoms with Crippen LogP contribution in [-0.4, -0.2) is 23.3 Å². The molecule has 0 atom stereocenters. The highest BCUT2D eigenvalue weighted by Gasteiger charge is 2.06. The quantitative estimate of drug-likeness (QED) is 0.799. The number of aromatic nitrogens is 1. The van der Waals surface area contributed by atoms with Crippen molar-refractivity contribution in [2.45, 2.75) is 6.42 Å². The number of nitrogens with zero attached hydrogens (tertiary/aromatic N) is 1. The highest BCUT2D eigenvalue weighted by molar-refractivity contribution is 5.93. The van der Waals surface area contributed by atoms with Crippen LogP contribution >= 0.6 is 0 Å². The maximum atomic E-state index is 13.4. The second-order valence-electron chi connectivity index (χ2n) is 4.80. The lowest BCUT2D eigenvalue weighted by Crippen LogP contribution is -2.26. The Hall–Kier alpha value is -3.09. The number of rotatable bonds is 6. The van der Waals surface area contributed by atoms with E-state index < -0.39 is 17.5 Å². The maximum Gasteiger partial charge on any atom is 0.244 e. The van der Waals surface area contributed by atoms with Crippen LogP contribution in [0.15, 0.2) is 48.8 Å². The fourth-order valence-electron chi connectivity index (χ4n) is 1.85. The van der Waals surface area contributed by atoms with Crippen molar-refractivity contribution in [2.24, 2.45) is 0 Å². The van der Waals surface area contributed by atoms with Gasteiger partial charge in [-0.15, -0.1) is 0 Å². The van der Waals surface area contributed by atoms with Gasteiger partial charge in [0.1, 0.15) is 11.6 Å². The third kappa shape index (κ3) is 5.28. The number of carbonyl (C=O) groups excluding carboxylic acids is 2. The molecule has 0 aliphatic heterocycles. The average Bonchev–Trinajstić information content (AvgIpc) is 2.55. The van der Waals surface area contributed by atoms with Crippen LogP contribution in [0.5, 0.6) is 0 Å². The molecule has 24 heavy (non-hydrogen) atoms. The lowest BCUT2D eigenvalue weighted by Gasteiger charge is -2.05. The van der Waals surface area contributed by atoms with E-state index in [0.717, 1.165) is 24.3 Å². The Morgan fingerprint density at radius 2 is 1.88 bits per heavy atom. The Balaban J connectivity index is 1.77. The van der Waals surface area contributed by atoms with Crippen LogP contribution < -0.4 is 10.6 Å². The van der Waals surface area contributed by atoms with Gasteiger partial charge < -0.3 is 10.6 Å². The fourth-order valence-corrected chi connectivity index (χ4v) is 1.85. The van der Waals surface area contributed by atoms with E-state index in [0.29, 0.717) is 5.69 Å². The topological polar surface area (TPSA) is 71.1 Å². The fraction of sp³-hybridized carbons (Fsp3) is 0.118. The van der Waals surface area contributed by atoms with Crippen molar-refractivity contribution in [1.82, 2.24) is 10.3 Å². The first kappa shape index (κ1) is 17.3. The zero-order chi connectivity index (χ0) is 17.4. The van der Waals surface area contributed by atoms with Crippen LogP contribution in [-0.2, 0) is 9.59 Å².